The van der Waals surface area contributed by atoms with Crippen LogP contribution in [-0.2, 0) is 0 Å². The van der Waals surface area contributed by atoms with Gasteiger partial charge >= 0.3 is 5.97 Å². The number of aromatic nitrogens is 3. The van der Waals surface area contributed by atoms with Crippen molar-refractivity contribution in [2.24, 2.45) is 5.10 Å². The van der Waals surface area contributed by atoms with E-state index in [0.717, 1.165) is 17.0 Å². The number of carbonyl (C=O) groups is 1. The fourth-order valence-corrected chi connectivity index (χ4v) is 2.22. The molecule has 2 heterocycles. The van der Waals surface area contributed by atoms with Crippen molar-refractivity contribution in [2.45, 2.75) is 13.8 Å². The lowest BCUT2D eigenvalue weighted by molar-refractivity contribution is 0.0734. The average Bonchev–Trinajstić information content (AvgIpc) is 2.63. The van der Waals surface area contributed by atoms with Gasteiger partial charge in [0.2, 0.25) is 5.95 Å². The molecule has 0 spiro atoms. The van der Waals surface area contributed by atoms with E-state index >= 15 is 0 Å². The highest BCUT2D eigenvalue weighted by Crippen LogP contribution is 2.13. The molecule has 7 heteroatoms. The minimum Gasteiger partial charge on any atom is -0.423 e. The predicted octanol–water partition coefficient (Wildman–Crippen LogP) is 3.15. The summed E-state index contributed by atoms with van der Waals surface area (Å²) < 4.78 is 5.31. The van der Waals surface area contributed by atoms with Gasteiger partial charge in [-0.3, -0.25) is 4.98 Å². The standard InChI is InChI=1S/C19H17N5O2/c1-13-11-14(2)23-19(22-13)24-21-12-15-3-5-17(6-4-15)26-18(25)16-7-9-20-10-8-16/h3-12H,1-2H3,(H,22,23,24)/b21-12-. The monoisotopic (exact) mass is 347 g/mol. The van der Waals surface area contributed by atoms with E-state index in [2.05, 4.69) is 25.5 Å². The molecule has 0 saturated heterocycles. The second-order valence-electron chi connectivity index (χ2n) is 5.54. The number of nitrogens with one attached hydrogen (secondary N) is 1. The number of carbonyl (C=O) groups excluding carboxylic acids is 1. The summed E-state index contributed by atoms with van der Waals surface area (Å²) in [6.07, 6.45) is 4.72. The molecule has 0 saturated carbocycles. The number of hydrazone groups is 1. The van der Waals surface area contributed by atoms with Crippen LogP contribution in [0.2, 0.25) is 0 Å². The Kier molecular flexibility index (Phi) is 5.28. The Morgan fingerprint density at radius 2 is 1.69 bits per heavy atom. The van der Waals surface area contributed by atoms with E-state index in [9.17, 15) is 4.79 Å². The molecule has 1 N–H and O–H groups in total. The minimum absolute atomic E-state index is 0.428. The normalized spacial score (nSPS) is 10.7. The van der Waals surface area contributed by atoms with Crippen LogP contribution < -0.4 is 10.2 Å². The molecular weight excluding hydrogens is 330 g/mol. The molecule has 130 valence electrons. The molecule has 26 heavy (non-hydrogen) atoms. The van der Waals surface area contributed by atoms with Crippen molar-refractivity contribution in [3.8, 4) is 5.75 Å². The van der Waals surface area contributed by atoms with Gasteiger partial charge in [0.1, 0.15) is 5.75 Å². The highest BCUT2D eigenvalue weighted by Gasteiger charge is 2.07. The molecule has 0 aliphatic heterocycles. The second kappa shape index (κ2) is 7.98. The van der Waals surface area contributed by atoms with Crippen LogP contribution in [0.5, 0.6) is 5.75 Å². The Balaban J connectivity index is 1.59. The number of benzene rings is 1. The van der Waals surface area contributed by atoms with Crippen LogP contribution >= 0.6 is 0 Å². The van der Waals surface area contributed by atoms with Crippen molar-refractivity contribution in [2.75, 3.05) is 5.43 Å². The number of hydrogen-bond acceptors (Lipinski definition) is 7. The predicted molar refractivity (Wildman–Crippen MR) is 98.4 cm³/mol. The fraction of sp³-hybridized carbons (Fsp3) is 0.105. The maximum atomic E-state index is 12.0. The third kappa shape index (κ3) is 4.70. The van der Waals surface area contributed by atoms with Gasteiger partial charge in [0.05, 0.1) is 11.8 Å². The third-order valence-electron chi connectivity index (χ3n) is 3.37. The van der Waals surface area contributed by atoms with E-state index < -0.39 is 5.97 Å². The fourth-order valence-electron chi connectivity index (χ4n) is 2.22. The SMILES string of the molecule is Cc1cc(C)nc(N/N=C\c2ccc(OC(=O)c3ccncc3)cc2)n1. The van der Waals surface area contributed by atoms with Crippen LogP contribution in [0, 0.1) is 13.8 Å². The molecule has 0 unspecified atom stereocenters. The zero-order valence-corrected chi connectivity index (χ0v) is 14.4. The van der Waals surface area contributed by atoms with Gasteiger partial charge in [0.25, 0.3) is 0 Å². The number of anilines is 1. The third-order valence-corrected chi connectivity index (χ3v) is 3.37. The molecule has 0 amide bonds. The minimum atomic E-state index is -0.428. The van der Waals surface area contributed by atoms with Crippen LogP contribution in [0.25, 0.3) is 0 Å². The molecule has 3 aromatic rings. The van der Waals surface area contributed by atoms with Crippen molar-refractivity contribution in [1.29, 1.82) is 0 Å². The second-order valence-corrected chi connectivity index (χ2v) is 5.54. The lowest BCUT2D eigenvalue weighted by Gasteiger charge is -2.04. The maximum Gasteiger partial charge on any atom is 0.343 e. The van der Waals surface area contributed by atoms with Crippen molar-refractivity contribution in [1.82, 2.24) is 15.0 Å². The van der Waals surface area contributed by atoms with Crippen LogP contribution in [0.4, 0.5) is 5.95 Å². The first-order chi connectivity index (χ1) is 12.6. The van der Waals surface area contributed by atoms with E-state index in [1.54, 1.807) is 55.0 Å². The molecule has 7 nitrogen and oxygen atoms in total. The number of hydrogen-bond donors (Lipinski definition) is 1. The quantitative estimate of drug-likeness (QED) is 0.330. The molecule has 0 atom stereocenters. The van der Waals surface area contributed by atoms with E-state index in [1.165, 1.54) is 0 Å². The summed E-state index contributed by atoms with van der Waals surface area (Å²) in [5, 5.41) is 4.12. The van der Waals surface area contributed by atoms with Gasteiger partial charge in [-0.1, -0.05) is 0 Å². The number of aryl methyl sites for hydroxylation is 2. The van der Waals surface area contributed by atoms with E-state index in [1.807, 2.05) is 19.9 Å². The number of pyridine rings is 1. The molecule has 1 aromatic carbocycles. The smallest absolute Gasteiger partial charge is 0.343 e. The van der Waals surface area contributed by atoms with Crippen molar-refractivity contribution < 1.29 is 9.53 Å². The summed E-state index contributed by atoms with van der Waals surface area (Å²) in [5.41, 5.74) is 5.83. The summed E-state index contributed by atoms with van der Waals surface area (Å²) in [7, 11) is 0. The number of esters is 1. The summed E-state index contributed by atoms with van der Waals surface area (Å²) in [6.45, 7) is 3.80. The lowest BCUT2D eigenvalue weighted by Crippen LogP contribution is -2.08. The van der Waals surface area contributed by atoms with Gasteiger partial charge < -0.3 is 4.74 Å². The zero-order valence-electron chi connectivity index (χ0n) is 14.4. The molecular formula is C19H17N5O2. The van der Waals surface area contributed by atoms with E-state index in [-0.39, 0.29) is 0 Å². The van der Waals surface area contributed by atoms with Gasteiger partial charge in [0.15, 0.2) is 0 Å². The van der Waals surface area contributed by atoms with Crippen LogP contribution in [-0.4, -0.2) is 27.1 Å². The summed E-state index contributed by atoms with van der Waals surface area (Å²) >= 11 is 0. The van der Waals surface area contributed by atoms with Gasteiger partial charge in [-0.25, -0.2) is 20.2 Å². The molecule has 0 aliphatic rings. The Morgan fingerprint density at radius 3 is 2.35 bits per heavy atom. The van der Waals surface area contributed by atoms with Crippen molar-refractivity contribution in [3.63, 3.8) is 0 Å². The first kappa shape index (κ1) is 17.2. The maximum absolute atomic E-state index is 12.0. The van der Waals surface area contributed by atoms with Gasteiger partial charge in [0, 0.05) is 23.8 Å². The van der Waals surface area contributed by atoms with Crippen LogP contribution in [0.15, 0.2) is 60.0 Å². The average molecular weight is 347 g/mol. The van der Waals surface area contributed by atoms with E-state index in [0.29, 0.717) is 17.3 Å². The largest absolute Gasteiger partial charge is 0.423 e. The lowest BCUT2D eigenvalue weighted by atomic mass is 10.2. The number of nitrogens with zero attached hydrogens (tertiary/aromatic N) is 4. The van der Waals surface area contributed by atoms with Gasteiger partial charge in [-0.2, -0.15) is 5.10 Å². The molecule has 0 fully saturated rings. The topological polar surface area (TPSA) is 89.4 Å². The number of rotatable bonds is 5. The summed E-state index contributed by atoms with van der Waals surface area (Å²) in [6, 6.07) is 12.1. The van der Waals surface area contributed by atoms with Crippen LogP contribution in [0.3, 0.4) is 0 Å². The zero-order chi connectivity index (χ0) is 18.4. The van der Waals surface area contributed by atoms with E-state index in [4.69, 9.17) is 4.74 Å². The Labute approximate surface area is 150 Å². The van der Waals surface area contributed by atoms with Crippen molar-refractivity contribution in [3.05, 3.63) is 77.4 Å². The summed E-state index contributed by atoms with van der Waals surface area (Å²) in [4.78, 5) is 24.3. The number of ether oxygens (including phenoxy) is 1. The van der Waals surface area contributed by atoms with Crippen molar-refractivity contribution >= 4 is 18.1 Å². The highest BCUT2D eigenvalue weighted by atomic mass is 16.5. The first-order valence-corrected chi connectivity index (χ1v) is 7.94. The Morgan fingerprint density at radius 1 is 1.04 bits per heavy atom. The summed E-state index contributed by atoms with van der Waals surface area (Å²) in [5.74, 6) is 0.471. The first-order valence-electron chi connectivity index (χ1n) is 7.94. The Bertz CT molecular complexity index is 904. The highest BCUT2D eigenvalue weighted by molar-refractivity contribution is 5.91. The molecule has 0 aliphatic carbocycles. The molecule has 2 aromatic heterocycles. The molecule has 0 radical (unpaired) electrons. The molecule has 3 rings (SSSR count). The van der Waals surface area contributed by atoms with Gasteiger partial charge in [-0.15, -0.1) is 0 Å². The van der Waals surface area contributed by atoms with Gasteiger partial charge in [-0.05, 0) is 61.9 Å². The molecule has 0 bridgehead atoms. The Hall–Kier alpha value is -3.61. The van der Waals surface area contributed by atoms with Crippen LogP contribution in [0.1, 0.15) is 27.3 Å².